The van der Waals surface area contributed by atoms with Crippen molar-refractivity contribution in [3.8, 4) is 11.5 Å². The van der Waals surface area contributed by atoms with Crippen LogP contribution in [0.4, 0.5) is 5.69 Å². The van der Waals surface area contributed by atoms with Crippen molar-refractivity contribution in [2.45, 2.75) is 13.2 Å². The summed E-state index contributed by atoms with van der Waals surface area (Å²) in [5.41, 5.74) is 3.24. The molecule has 0 saturated carbocycles. The molecule has 1 saturated heterocycles. The first-order valence-corrected chi connectivity index (χ1v) is 13.9. The maximum Gasteiger partial charge on any atom is 0.335 e. The molecule has 1 aliphatic heterocycles. The van der Waals surface area contributed by atoms with Crippen LogP contribution in [0, 0.1) is 0 Å². The monoisotopic (exact) mass is 594 g/mol. The summed E-state index contributed by atoms with van der Waals surface area (Å²) in [6.07, 6.45) is 1.76. The maximum atomic E-state index is 13.7. The Hall–Kier alpha value is -5.35. The molecular weight excluding hydrogens is 568 g/mol. The highest BCUT2D eigenvalue weighted by Gasteiger charge is 2.34. The van der Waals surface area contributed by atoms with Crippen molar-refractivity contribution < 1.29 is 34.1 Å². The number of carbonyl (C=O) groups excluding carboxylic acids is 1. The Labute approximate surface area is 251 Å². The molecule has 0 unspecified atom stereocenters. The number of carbonyl (C=O) groups is 3. The second-order valence-corrected chi connectivity index (χ2v) is 10.4. The Balaban J connectivity index is 1.42. The Morgan fingerprint density at radius 3 is 2.05 bits per heavy atom. The van der Waals surface area contributed by atoms with Crippen LogP contribution in [-0.2, 0) is 17.9 Å². The topological polar surface area (TPSA) is 126 Å². The molecule has 0 aliphatic carbocycles. The van der Waals surface area contributed by atoms with Crippen LogP contribution in [0.5, 0.6) is 11.5 Å². The number of aliphatic imine (C=N–C) groups is 1. The summed E-state index contributed by atoms with van der Waals surface area (Å²) >= 11 is 1.23. The zero-order chi connectivity index (χ0) is 30.3. The summed E-state index contributed by atoms with van der Waals surface area (Å²) in [4.78, 5) is 42.9. The minimum absolute atomic E-state index is 0.160. The van der Waals surface area contributed by atoms with E-state index in [0.29, 0.717) is 32.8 Å². The van der Waals surface area contributed by atoms with Crippen molar-refractivity contribution in [3.05, 3.63) is 130 Å². The molecule has 2 N–H and O–H groups in total. The molecule has 43 heavy (non-hydrogen) atoms. The Kier molecular flexibility index (Phi) is 8.88. The average molecular weight is 595 g/mol. The van der Waals surface area contributed by atoms with E-state index in [1.165, 1.54) is 36.0 Å². The molecule has 0 aromatic heterocycles. The van der Waals surface area contributed by atoms with Gasteiger partial charge >= 0.3 is 11.9 Å². The number of hydrogen-bond donors (Lipinski definition) is 2. The number of carboxylic acids is 2. The third-order valence-corrected chi connectivity index (χ3v) is 7.53. The number of nitrogens with zero attached hydrogens (tertiary/aromatic N) is 2. The van der Waals surface area contributed by atoms with Gasteiger partial charge in [0, 0.05) is 5.56 Å². The second-order valence-electron chi connectivity index (χ2n) is 9.43. The number of hydrogen-bond acceptors (Lipinski definition) is 7. The van der Waals surface area contributed by atoms with E-state index in [9.17, 15) is 19.5 Å². The molecule has 1 aliphatic rings. The van der Waals surface area contributed by atoms with Gasteiger partial charge in [-0.05, 0) is 83.6 Å². The van der Waals surface area contributed by atoms with Gasteiger partial charge in [0.15, 0.2) is 5.17 Å². The molecule has 1 fully saturated rings. The van der Waals surface area contributed by atoms with Crippen LogP contribution in [0.25, 0.3) is 6.08 Å². The highest BCUT2D eigenvalue weighted by Crippen LogP contribution is 2.37. The van der Waals surface area contributed by atoms with E-state index in [1.54, 1.807) is 72.7 Å². The summed E-state index contributed by atoms with van der Waals surface area (Å²) in [5, 5.41) is 18.8. The van der Waals surface area contributed by atoms with E-state index in [-0.39, 0.29) is 30.2 Å². The van der Waals surface area contributed by atoms with E-state index >= 15 is 0 Å². The summed E-state index contributed by atoms with van der Waals surface area (Å²) in [6.45, 7) is 0.409. The number of para-hydroxylation sites is 1. The molecule has 216 valence electrons. The lowest BCUT2D eigenvalue weighted by Crippen LogP contribution is -2.28. The van der Waals surface area contributed by atoms with Gasteiger partial charge in [-0.2, -0.15) is 0 Å². The van der Waals surface area contributed by atoms with Crippen molar-refractivity contribution in [1.29, 1.82) is 0 Å². The third kappa shape index (κ3) is 7.11. The standard InChI is InChI=1S/C33H26N2O7S/c1-41-27-16-14-26(15-17-27)34-33-35(19-21-6-10-23(11-7-21)31(37)38)30(36)29(43-33)18-25-4-2-3-5-28(25)42-20-22-8-12-24(13-9-22)32(39)40/h2-18H,19-20H2,1H3,(H,37,38)(H,39,40)/b29-18-,34-33?. The van der Waals surface area contributed by atoms with Gasteiger partial charge in [0.1, 0.15) is 18.1 Å². The summed E-state index contributed by atoms with van der Waals surface area (Å²) in [5.74, 6) is -1.03. The minimum Gasteiger partial charge on any atom is -0.497 e. The zero-order valence-corrected chi connectivity index (χ0v) is 23.8. The van der Waals surface area contributed by atoms with Gasteiger partial charge in [0.2, 0.25) is 0 Å². The smallest absolute Gasteiger partial charge is 0.335 e. The van der Waals surface area contributed by atoms with Gasteiger partial charge in [-0.1, -0.05) is 42.5 Å². The predicted octanol–water partition coefficient (Wildman–Crippen LogP) is 6.47. The molecule has 4 aromatic carbocycles. The van der Waals surface area contributed by atoms with Crippen molar-refractivity contribution in [2.75, 3.05) is 7.11 Å². The summed E-state index contributed by atoms with van der Waals surface area (Å²) < 4.78 is 11.3. The van der Waals surface area contributed by atoms with Crippen LogP contribution in [-0.4, -0.2) is 45.2 Å². The van der Waals surface area contributed by atoms with E-state index in [4.69, 9.17) is 19.6 Å². The lowest BCUT2D eigenvalue weighted by molar-refractivity contribution is -0.122. The molecule has 9 nitrogen and oxygen atoms in total. The van der Waals surface area contributed by atoms with Gasteiger partial charge in [-0.3, -0.25) is 9.69 Å². The molecule has 4 aromatic rings. The summed E-state index contributed by atoms with van der Waals surface area (Å²) in [7, 11) is 1.58. The fourth-order valence-corrected chi connectivity index (χ4v) is 5.20. The van der Waals surface area contributed by atoms with Crippen LogP contribution < -0.4 is 9.47 Å². The molecular formula is C33H26N2O7S. The van der Waals surface area contributed by atoms with Crippen molar-refractivity contribution in [3.63, 3.8) is 0 Å². The number of carboxylic acid groups (broad SMARTS) is 2. The van der Waals surface area contributed by atoms with Gasteiger partial charge in [0.05, 0.1) is 35.4 Å². The van der Waals surface area contributed by atoms with Gasteiger partial charge in [-0.15, -0.1) is 0 Å². The number of ether oxygens (including phenoxy) is 2. The number of benzene rings is 4. The molecule has 5 rings (SSSR count). The lowest BCUT2D eigenvalue weighted by atomic mass is 10.1. The van der Waals surface area contributed by atoms with Crippen molar-refractivity contribution in [1.82, 2.24) is 4.90 Å². The first kappa shape index (κ1) is 29.2. The number of amides is 1. The quantitative estimate of drug-likeness (QED) is 0.200. The number of aromatic carboxylic acids is 2. The molecule has 0 radical (unpaired) electrons. The van der Waals surface area contributed by atoms with Crippen LogP contribution >= 0.6 is 11.8 Å². The van der Waals surface area contributed by atoms with E-state index in [1.807, 2.05) is 18.2 Å². The first-order valence-electron chi connectivity index (χ1n) is 13.1. The van der Waals surface area contributed by atoms with Gasteiger partial charge in [-0.25, -0.2) is 14.6 Å². The molecule has 0 atom stereocenters. The van der Waals surface area contributed by atoms with Crippen LogP contribution in [0.3, 0.4) is 0 Å². The van der Waals surface area contributed by atoms with Gasteiger partial charge < -0.3 is 19.7 Å². The summed E-state index contributed by atoms with van der Waals surface area (Å²) in [6, 6.07) is 27.3. The molecule has 1 amide bonds. The number of methoxy groups -OCH3 is 1. The van der Waals surface area contributed by atoms with E-state index < -0.39 is 11.9 Å². The molecule has 10 heteroatoms. The fourth-order valence-electron chi connectivity index (χ4n) is 4.21. The minimum atomic E-state index is -1.02. The molecule has 1 heterocycles. The maximum absolute atomic E-state index is 13.7. The SMILES string of the molecule is COc1ccc(N=C2S/C(=C\c3ccccc3OCc3ccc(C(=O)O)cc3)C(=O)N2Cc2ccc(C(=O)O)cc2)cc1. The Bertz CT molecular complexity index is 1710. The van der Waals surface area contributed by atoms with Gasteiger partial charge in [0.25, 0.3) is 5.91 Å². The first-order chi connectivity index (χ1) is 20.8. The van der Waals surface area contributed by atoms with Crippen LogP contribution in [0.1, 0.15) is 37.4 Å². The zero-order valence-electron chi connectivity index (χ0n) is 23.0. The highest BCUT2D eigenvalue weighted by atomic mass is 32.2. The largest absolute Gasteiger partial charge is 0.497 e. The van der Waals surface area contributed by atoms with Crippen molar-refractivity contribution >= 4 is 46.5 Å². The Morgan fingerprint density at radius 2 is 1.44 bits per heavy atom. The van der Waals surface area contributed by atoms with E-state index in [0.717, 1.165) is 11.1 Å². The normalized spacial score (nSPS) is 14.7. The predicted molar refractivity (Wildman–Crippen MR) is 164 cm³/mol. The van der Waals surface area contributed by atoms with Crippen LogP contribution in [0.2, 0.25) is 0 Å². The third-order valence-electron chi connectivity index (χ3n) is 6.53. The molecule has 0 bridgehead atoms. The fraction of sp³-hybridized carbons (Fsp3) is 0.0909. The molecule has 0 spiro atoms. The Morgan fingerprint density at radius 1 is 0.837 bits per heavy atom. The highest BCUT2D eigenvalue weighted by molar-refractivity contribution is 8.18. The van der Waals surface area contributed by atoms with E-state index in [2.05, 4.69) is 0 Å². The number of thioether (sulfide) groups is 1. The average Bonchev–Trinajstić information content (AvgIpc) is 3.30. The lowest BCUT2D eigenvalue weighted by Gasteiger charge is -2.16. The number of amidine groups is 1. The van der Waals surface area contributed by atoms with Crippen molar-refractivity contribution in [2.24, 2.45) is 4.99 Å². The second kappa shape index (κ2) is 13.1. The number of rotatable bonds is 10. The van der Waals surface area contributed by atoms with Crippen LogP contribution in [0.15, 0.2) is 107 Å².